The van der Waals surface area contributed by atoms with Gasteiger partial charge in [-0.05, 0) is 26.0 Å². The summed E-state index contributed by atoms with van der Waals surface area (Å²) in [5.41, 5.74) is 3.21. The van der Waals surface area contributed by atoms with Crippen LogP contribution in [-0.4, -0.2) is 16.4 Å². The number of hydrogen-bond acceptors (Lipinski definition) is 3. The summed E-state index contributed by atoms with van der Waals surface area (Å²) in [6.45, 7) is 4.67. The normalized spacial score (nSPS) is 10.5. The molecule has 1 heterocycles. The van der Waals surface area contributed by atoms with Crippen LogP contribution in [0.25, 0.3) is 5.69 Å². The molecule has 0 fully saturated rings. The number of ether oxygens (including phenoxy) is 1. The topological polar surface area (TPSA) is 27.1 Å². The van der Waals surface area contributed by atoms with Crippen molar-refractivity contribution in [3.8, 4) is 11.4 Å². The lowest BCUT2D eigenvalue weighted by Gasteiger charge is -2.11. The molecule has 1 aromatic heterocycles. The van der Waals surface area contributed by atoms with Crippen LogP contribution in [0.1, 0.15) is 18.2 Å². The van der Waals surface area contributed by atoms with Crippen LogP contribution in [-0.2, 0) is 5.75 Å². The van der Waals surface area contributed by atoms with Crippen molar-refractivity contribution in [1.82, 2.24) is 9.78 Å². The minimum absolute atomic E-state index is 0.650. The molecule has 0 saturated heterocycles. The molecule has 0 atom stereocenters. The number of nitrogens with zero attached hydrogens (tertiary/aromatic N) is 2. The fraction of sp³-hybridized carbons (Fsp3) is 0.308. The van der Waals surface area contributed by atoms with Crippen molar-refractivity contribution in [2.24, 2.45) is 0 Å². The molecule has 0 unspecified atom stereocenters. The van der Waals surface area contributed by atoms with Crippen molar-refractivity contribution in [3.63, 3.8) is 0 Å². The van der Waals surface area contributed by atoms with E-state index in [1.165, 1.54) is 0 Å². The molecule has 0 aliphatic heterocycles. The van der Waals surface area contributed by atoms with Gasteiger partial charge in [-0.1, -0.05) is 12.1 Å². The SMILES string of the molecule is CCOc1ccccc1-n1ncc(CS)c1C. The Hall–Kier alpha value is -1.42. The maximum Gasteiger partial charge on any atom is 0.144 e. The first kappa shape index (κ1) is 12.0. The Labute approximate surface area is 107 Å². The fourth-order valence-electron chi connectivity index (χ4n) is 1.75. The van der Waals surface area contributed by atoms with Gasteiger partial charge in [0, 0.05) is 17.0 Å². The van der Waals surface area contributed by atoms with E-state index in [0.29, 0.717) is 12.4 Å². The molecule has 0 N–H and O–H groups in total. The zero-order valence-corrected chi connectivity index (χ0v) is 10.9. The highest BCUT2D eigenvalue weighted by atomic mass is 32.1. The number of para-hydroxylation sites is 2. The fourth-order valence-corrected chi connectivity index (χ4v) is 2.06. The van der Waals surface area contributed by atoms with Crippen LogP contribution >= 0.6 is 12.6 Å². The number of aromatic nitrogens is 2. The van der Waals surface area contributed by atoms with Crippen LogP contribution < -0.4 is 4.74 Å². The Balaban J connectivity index is 2.48. The van der Waals surface area contributed by atoms with Gasteiger partial charge in [0.2, 0.25) is 0 Å². The van der Waals surface area contributed by atoms with Crippen molar-refractivity contribution in [2.45, 2.75) is 19.6 Å². The number of rotatable bonds is 4. The van der Waals surface area contributed by atoms with E-state index >= 15 is 0 Å². The van der Waals surface area contributed by atoms with Gasteiger partial charge < -0.3 is 4.74 Å². The molecular weight excluding hydrogens is 232 g/mol. The summed E-state index contributed by atoms with van der Waals surface area (Å²) in [5.74, 6) is 1.55. The lowest BCUT2D eigenvalue weighted by atomic mass is 10.2. The molecule has 2 aromatic rings. The van der Waals surface area contributed by atoms with Crippen molar-refractivity contribution in [1.29, 1.82) is 0 Å². The van der Waals surface area contributed by atoms with Gasteiger partial charge in [-0.2, -0.15) is 17.7 Å². The third-order valence-electron chi connectivity index (χ3n) is 2.68. The third kappa shape index (κ3) is 2.31. The number of hydrogen-bond donors (Lipinski definition) is 1. The summed E-state index contributed by atoms with van der Waals surface area (Å²) in [6.07, 6.45) is 1.85. The van der Waals surface area contributed by atoms with Crippen molar-refractivity contribution >= 4 is 12.6 Å². The highest BCUT2D eigenvalue weighted by molar-refractivity contribution is 7.79. The largest absolute Gasteiger partial charge is 0.492 e. The van der Waals surface area contributed by atoms with Crippen molar-refractivity contribution < 1.29 is 4.74 Å². The summed E-state index contributed by atoms with van der Waals surface area (Å²) >= 11 is 4.29. The molecule has 2 rings (SSSR count). The summed E-state index contributed by atoms with van der Waals surface area (Å²) in [5, 5.41) is 4.39. The highest BCUT2D eigenvalue weighted by Gasteiger charge is 2.10. The van der Waals surface area contributed by atoms with Gasteiger partial charge in [-0.25, -0.2) is 4.68 Å². The smallest absolute Gasteiger partial charge is 0.144 e. The van der Waals surface area contributed by atoms with Crippen LogP contribution in [0.15, 0.2) is 30.5 Å². The Morgan fingerprint density at radius 2 is 2.12 bits per heavy atom. The summed E-state index contributed by atoms with van der Waals surface area (Å²) in [7, 11) is 0. The summed E-state index contributed by atoms with van der Waals surface area (Å²) < 4.78 is 7.51. The van der Waals surface area contributed by atoms with E-state index in [1.807, 2.05) is 49.0 Å². The molecule has 0 bridgehead atoms. The molecular formula is C13H16N2OS. The van der Waals surface area contributed by atoms with E-state index < -0.39 is 0 Å². The number of thiol groups is 1. The van der Waals surface area contributed by atoms with Crippen LogP contribution in [0, 0.1) is 6.92 Å². The predicted molar refractivity (Wildman–Crippen MR) is 72.2 cm³/mol. The van der Waals surface area contributed by atoms with Crippen molar-refractivity contribution in [3.05, 3.63) is 41.7 Å². The Kier molecular flexibility index (Phi) is 3.74. The Morgan fingerprint density at radius 3 is 2.76 bits per heavy atom. The lowest BCUT2D eigenvalue weighted by Crippen LogP contribution is -2.03. The molecule has 1 aromatic carbocycles. The summed E-state index contributed by atoms with van der Waals surface area (Å²) in [6, 6.07) is 7.92. The highest BCUT2D eigenvalue weighted by Crippen LogP contribution is 2.24. The van der Waals surface area contributed by atoms with Gasteiger partial charge in [0.1, 0.15) is 11.4 Å². The second-order valence-electron chi connectivity index (χ2n) is 3.73. The summed E-state index contributed by atoms with van der Waals surface area (Å²) in [4.78, 5) is 0. The van der Waals surface area contributed by atoms with Crippen LogP contribution in [0.5, 0.6) is 5.75 Å². The maximum absolute atomic E-state index is 5.61. The third-order valence-corrected chi connectivity index (χ3v) is 3.02. The zero-order valence-electron chi connectivity index (χ0n) is 10.1. The van der Waals surface area contributed by atoms with Crippen LogP contribution in [0.3, 0.4) is 0 Å². The molecule has 0 amide bonds. The van der Waals surface area contributed by atoms with Gasteiger partial charge in [0.15, 0.2) is 0 Å². The monoisotopic (exact) mass is 248 g/mol. The Bertz CT molecular complexity index is 508. The average Bonchev–Trinajstić information content (AvgIpc) is 2.72. The second kappa shape index (κ2) is 5.27. The molecule has 17 heavy (non-hydrogen) atoms. The second-order valence-corrected chi connectivity index (χ2v) is 4.04. The van der Waals surface area contributed by atoms with Crippen LogP contribution in [0.2, 0.25) is 0 Å². The van der Waals surface area contributed by atoms with E-state index in [4.69, 9.17) is 4.74 Å². The van der Waals surface area contributed by atoms with Gasteiger partial charge in [-0.15, -0.1) is 0 Å². The predicted octanol–water partition coefficient (Wildman–Crippen LogP) is 3.01. The van der Waals surface area contributed by atoms with E-state index in [-0.39, 0.29) is 0 Å². The van der Waals surface area contributed by atoms with E-state index in [2.05, 4.69) is 17.7 Å². The minimum atomic E-state index is 0.650. The van der Waals surface area contributed by atoms with E-state index in [1.54, 1.807) is 0 Å². The quantitative estimate of drug-likeness (QED) is 0.842. The molecule has 4 heteroatoms. The first-order valence-electron chi connectivity index (χ1n) is 5.64. The molecule has 0 spiro atoms. The van der Waals surface area contributed by atoms with Crippen molar-refractivity contribution in [2.75, 3.05) is 6.61 Å². The molecule has 0 radical (unpaired) electrons. The molecule has 0 aliphatic carbocycles. The molecule has 0 aliphatic rings. The standard InChI is InChI=1S/C13H16N2OS/c1-3-16-13-7-5-4-6-12(13)15-10(2)11(9-17)8-14-15/h4-8,17H,3,9H2,1-2H3. The minimum Gasteiger partial charge on any atom is -0.492 e. The van der Waals surface area contributed by atoms with Crippen LogP contribution in [0.4, 0.5) is 0 Å². The molecule has 0 saturated carbocycles. The maximum atomic E-state index is 5.61. The number of benzene rings is 1. The zero-order chi connectivity index (χ0) is 12.3. The lowest BCUT2D eigenvalue weighted by molar-refractivity contribution is 0.338. The van der Waals surface area contributed by atoms with Gasteiger partial charge in [-0.3, -0.25) is 0 Å². The van der Waals surface area contributed by atoms with E-state index in [0.717, 1.165) is 22.7 Å². The average molecular weight is 248 g/mol. The first-order valence-corrected chi connectivity index (χ1v) is 6.27. The van der Waals surface area contributed by atoms with E-state index in [9.17, 15) is 0 Å². The van der Waals surface area contributed by atoms with Gasteiger partial charge in [0.05, 0.1) is 12.8 Å². The molecule has 3 nitrogen and oxygen atoms in total. The molecule has 90 valence electrons. The Morgan fingerprint density at radius 1 is 1.35 bits per heavy atom. The van der Waals surface area contributed by atoms with Gasteiger partial charge >= 0.3 is 0 Å². The van der Waals surface area contributed by atoms with Gasteiger partial charge in [0.25, 0.3) is 0 Å². The first-order chi connectivity index (χ1) is 8.27.